The van der Waals surface area contributed by atoms with Gasteiger partial charge < -0.3 is 9.30 Å². The third-order valence-corrected chi connectivity index (χ3v) is 13.9. The summed E-state index contributed by atoms with van der Waals surface area (Å²) in [5, 5.41) is 2.44. The molecular weight excluding hydrogens is 779 g/mol. The first kappa shape index (κ1) is 43.0. The van der Waals surface area contributed by atoms with Crippen LogP contribution in [0.1, 0.15) is 126 Å². The summed E-state index contributed by atoms with van der Waals surface area (Å²) in [6.45, 7) is 25.0. The average Bonchev–Trinajstić information content (AvgIpc) is 3.81. The third kappa shape index (κ3) is 7.76. The fraction of sp³-hybridized carbons (Fsp3) is 0.300. The number of fused-ring (bicyclic) bond motifs is 3. The van der Waals surface area contributed by atoms with Crippen LogP contribution in [-0.4, -0.2) is 27.1 Å². The van der Waals surface area contributed by atoms with Crippen molar-refractivity contribution in [2.75, 3.05) is 0 Å². The Morgan fingerprint density at radius 3 is 1.86 bits per heavy atom. The molecule has 324 valence electrons. The molecule has 0 spiro atoms. The van der Waals surface area contributed by atoms with Crippen molar-refractivity contribution in [2.24, 2.45) is 10.9 Å². The Balaban J connectivity index is 1.33. The molecule has 1 aliphatic rings. The van der Waals surface area contributed by atoms with Gasteiger partial charge in [-0.1, -0.05) is 165 Å². The molecule has 0 saturated heterocycles. The van der Waals surface area contributed by atoms with Gasteiger partial charge in [-0.3, -0.25) is 4.98 Å². The van der Waals surface area contributed by atoms with E-state index in [1.54, 1.807) is 0 Å². The average molecular weight is 842 g/mol. The van der Waals surface area contributed by atoms with Gasteiger partial charge in [-0.05, 0) is 124 Å². The molecule has 9 rings (SSSR count). The number of rotatable bonds is 10. The van der Waals surface area contributed by atoms with E-state index in [2.05, 4.69) is 226 Å². The van der Waals surface area contributed by atoms with Crippen LogP contribution in [0.2, 0.25) is 0 Å². The Morgan fingerprint density at radius 2 is 1.25 bits per heavy atom. The van der Waals surface area contributed by atoms with Crippen LogP contribution in [0, 0.1) is 12.8 Å². The number of aliphatic imine (C=N–C) groups is 1. The molecule has 8 aromatic rings. The second kappa shape index (κ2) is 16.7. The molecule has 0 aliphatic carbocycles. The monoisotopic (exact) mass is 841 g/mol. The lowest BCUT2D eigenvalue weighted by atomic mass is 9.74. The number of benzene rings is 6. The van der Waals surface area contributed by atoms with E-state index in [9.17, 15) is 0 Å². The topological polar surface area (TPSA) is 39.4 Å². The van der Waals surface area contributed by atoms with E-state index in [-0.39, 0.29) is 23.3 Å². The standard InChI is InChI=1S/C60H63N3O/c1-37(2)48-23-18-24-49(38(3)4)56(48)44-32-45(58-62-57(60(11,64-58)39(5)6)55(41-19-14-12-15-20-41)42-21-16-13-17-22-42)34-47(33-44)63-53-28-25-40(7)31-51(53)50-27-26-43(35-54(50)63)52-36-46(29-30-61-52)59(8,9)10/h12-39,55,57H,1-11H3/t57-,60-/m1/s1. The second-order valence-corrected chi connectivity index (χ2v) is 20.3. The van der Waals surface area contributed by atoms with Gasteiger partial charge in [-0.2, -0.15) is 0 Å². The quantitative estimate of drug-likeness (QED) is 0.138. The summed E-state index contributed by atoms with van der Waals surface area (Å²) < 4.78 is 9.86. The van der Waals surface area contributed by atoms with E-state index in [1.165, 1.54) is 55.3 Å². The fourth-order valence-electron chi connectivity index (χ4n) is 9.95. The van der Waals surface area contributed by atoms with Gasteiger partial charge in [0.05, 0.1) is 16.7 Å². The predicted octanol–water partition coefficient (Wildman–Crippen LogP) is 15.8. The predicted molar refractivity (Wildman–Crippen MR) is 270 cm³/mol. The van der Waals surface area contributed by atoms with Crippen LogP contribution in [-0.2, 0) is 10.2 Å². The van der Waals surface area contributed by atoms with Gasteiger partial charge in [0.1, 0.15) is 11.6 Å². The number of aromatic nitrogens is 2. The van der Waals surface area contributed by atoms with Gasteiger partial charge in [0.25, 0.3) is 0 Å². The van der Waals surface area contributed by atoms with E-state index < -0.39 is 5.60 Å². The van der Waals surface area contributed by atoms with Gasteiger partial charge in [0, 0.05) is 39.7 Å². The van der Waals surface area contributed by atoms with Crippen molar-refractivity contribution in [3.8, 4) is 28.1 Å². The van der Waals surface area contributed by atoms with Crippen LogP contribution in [0.5, 0.6) is 0 Å². The van der Waals surface area contributed by atoms with Crippen molar-refractivity contribution < 1.29 is 4.74 Å². The van der Waals surface area contributed by atoms with Gasteiger partial charge in [-0.15, -0.1) is 0 Å². The van der Waals surface area contributed by atoms with Crippen molar-refractivity contribution >= 4 is 27.7 Å². The normalized spacial score (nSPS) is 16.7. The van der Waals surface area contributed by atoms with Crippen molar-refractivity contribution in [1.29, 1.82) is 0 Å². The molecule has 3 heterocycles. The minimum atomic E-state index is -0.589. The molecule has 0 saturated carbocycles. The number of aryl methyl sites for hydroxylation is 1. The molecule has 1 aliphatic heterocycles. The number of hydrogen-bond acceptors (Lipinski definition) is 3. The molecule has 64 heavy (non-hydrogen) atoms. The zero-order chi connectivity index (χ0) is 45.1. The molecule has 0 N–H and O–H groups in total. The Morgan fingerprint density at radius 1 is 0.609 bits per heavy atom. The lowest BCUT2D eigenvalue weighted by Crippen LogP contribution is -2.45. The summed E-state index contributed by atoms with van der Waals surface area (Å²) in [6.07, 6.45) is 1.95. The highest BCUT2D eigenvalue weighted by Crippen LogP contribution is 2.46. The van der Waals surface area contributed by atoms with E-state index >= 15 is 0 Å². The summed E-state index contributed by atoms with van der Waals surface area (Å²) in [4.78, 5) is 10.7. The maximum Gasteiger partial charge on any atom is 0.217 e. The lowest BCUT2D eigenvalue weighted by Gasteiger charge is -2.38. The zero-order valence-electron chi connectivity index (χ0n) is 39.6. The van der Waals surface area contributed by atoms with Crippen LogP contribution in [0.4, 0.5) is 0 Å². The molecule has 4 heteroatoms. The highest BCUT2D eigenvalue weighted by atomic mass is 16.5. The molecule has 0 radical (unpaired) electrons. The maximum atomic E-state index is 7.39. The summed E-state index contributed by atoms with van der Waals surface area (Å²) in [6, 6.07) is 53.6. The molecule has 2 atom stereocenters. The molecule has 0 unspecified atom stereocenters. The van der Waals surface area contributed by atoms with E-state index in [0.717, 1.165) is 33.5 Å². The molecule has 0 amide bonds. The minimum absolute atomic E-state index is 0.00403. The number of nitrogens with zero attached hydrogens (tertiary/aromatic N) is 3. The van der Waals surface area contributed by atoms with Crippen LogP contribution in [0.25, 0.3) is 49.9 Å². The van der Waals surface area contributed by atoms with Crippen LogP contribution >= 0.6 is 0 Å². The Hall–Kier alpha value is -6.26. The molecule has 0 bridgehead atoms. The molecular formula is C60H63N3O. The van der Waals surface area contributed by atoms with E-state index in [0.29, 0.717) is 17.7 Å². The largest absolute Gasteiger partial charge is 0.469 e. The molecule has 0 fully saturated rings. The van der Waals surface area contributed by atoms with Crippen LogP contribution in [0.15, 0.2) is 157 Å². The van der Waals surface area contributed by atoms with Crippen LogP contribution in [0.3, 0.4) is 0 Å². The Kier molecular flexibility index (Phi) is 11.2. The first-order valence-electron chi connectivity index (χ1n) is 23.3. The van der Waals surface area contributed by atoms with Gasteiger partial charge >= 0.3 is 0 Å². The van der Waals surface area contributed by atoms with Crippen molar-refractivity contribution in [1.82, 2.24) is 9.55 Å². The minimum Gasteiger partial charge on any atom is -0.469 e. The SMILES string of the molecule is Cc1ccc2c(c1)c1ccc(-c3cc(C(C)(C)C)ccn3)cc1n2-c1cc(C2=N[C@H](C(c3ccccc3)c3ccccc3)[C@@](C)(C(C)C)O2)cc(-c2c(C(C)C)cccc2C(C)C)c1. The number of pyridine rings is 1. The maximum absolute atomic E-state index is 7.39. The number of hydrogen-bond donors (Lipinski definition) is 0. The molecule has 2 aromatic heterocycles. The smallest absolute Gasteiger partial charge is 0.217 e. The van der Waals surface area contributed by atoms with Crippen molar-refractivity contribution in [2.45, 2.75) is 111 Å². The Bertz CT molecular complexity index is 2950. The first-order chi connectivity index (χ1) is 30.6. The summed E-state index contributed by atoms with van der Waals surface area (Å²) in [5.74, 6) is 1.50. The summed E-state index contributed by atoms with van der Waals surface area (Å²) >= 11 is 0. The van der Waals surface area contributed by atoms with Crippen molar-refractivity contribution in [3.05, 3.63) is 191 Å². The van der Waals surface area contributed by atoms with Gasteiger partial charge in [-0.25, -0.2) is 4.99 Å². The number of ether oxygens (including phenoxy) is 1. The Labute approximate surface area is 381 Å². The molecule has 6 aromatic carbocycles. The van der Waals surface area contributed by atoms with E-state index in [4.69, 9.17) is 14.7 Å². The fourth-order valence-corrected chi connectivity index (χ4v) is 9.95. The summed E-state index contributed by atoms with van der Waals surface area (Å²) in [7, 11) is 0. The van der Waals surface area contributed by atoms with Gasteiger partial charge in [0.2, 0.25) is 5.90 Å². The zero-order valence-corrected chi connectivity index (χ0v) is 39.6. The lowest BCUT2D eigenvalue weighted by molar-refractivity contribution is 0.0242. The summed E-state index contributed by atoms with van der Waals surface area (Å²) in [5.41, 5.74) is 15.9. The van der Waals surface area contributed by atoms with Crippen molar-refractivity contribution in [3.63, 3.8) is 0 Å². The third-order valence-electron chi connectivity index (χ3n) is 13.9. The molecule has 4 nitrogen and oxygen atoms in total. The second-order valence-electron chi connectivity index (χ2n) is 20.3. The van der Waals surface area contributed by atoms with E-state index in [1.807, 2.05) is 6.20 Å². The van der Waals surface area contributed by atoms with Gasteiger partial charge in [0.15, 0.2) is 0 Å². The highest BCUT2D eigenvalue weighted by molar-refractivity contribution is 6.11. The van der Waals surface area contributed by atoms with Crippen LogP contribution < -0.4 is 0 Å². The highest BCUT2D eigenvalue weighted by Gasteiger charge is 2.50. The first-order valence-corrected chi connectivity index (χ1v) is 23.3.